The maximum Gasteiger partial charge on any atom is 0.101 e. The van der Waals surface area contributed by atoms with Crippen molar-refractivity contribution < 1.29 is 9.84 Å². The van der Waals surface area contributed by atoms with Crippen molar-refractivity contribution in [2.24, 2.45) is 0 Å². The lowest BCUT2D eigenvalue weighted by Crippen LogP contribution is -2.27. The van der Waals surface area contributed by atoms with Crippen LogP contribution in [0.25, 0.3) is 0 Å². The summed E-state index contributed by atoms with van der Waals surface area (Å²) in [5, 5.41) is 9.36. The van der Waals surface area contributed by atoms with Crippen LogP contribution < -0.4 is 0 Å². The van der Waals surface area contributed by atoms with Gasteiger partial charge in [-0.2, -0.15) is 0 Å². The molecule has 2 nitrogen and oxygen atoms in total. The van der Waals surface area contributed by atoms with Gasteiger partial charge in [0.15, 0.2) is 0 Å². The zero-order chi connectivity index (χ0) is 8.15. The van der Waals surface area contributed by atoms with E-state index in [1.54, 1.807) is 14.0 Å². The average Bonchev–Trinajstić information content (AvgIpc) is 1.90. The Morgan fingerprint density at radius 1 is 1.70 bits per heavy atom. The maximum absolute atomic E-state index is 9.36. The first-order valence-corrected chi connectivity index (χ1v) is 3.49. The first-order valence-electron chi connectivity index (χ1n) is 3.49. The van der Waals surface area contributed by atoms with E-state index in [1.165, 1.54) is 0 Å². The highest BCUT2D eigenvalue weighted by atomic mass is 16.5. The fourth-order valence-corrected chi connectivity index (χ4v) is 0.836. The van der Waals surface area contributed by atoms with Crippen LogP contribution in [0.3, 0.4) is 0 Å². The summed E-state index contributed by atoms with van der Waals surface area (Å²) in [6.07, 6.45) is 0.192. The summed E-state index contributed by atoms with van der Waals surface area (Å²) in [6, 6.07) is 0. The molecule has 0 fully saturated rings. The molecule has 0 saturated carbocycles. The van der Waals surface area contributed by atoms with E-state index < -0.39 is 6.10 Å². The van der Waals surface area contributed by atoms with Crippen LogP contribution in [0.2, 0.25) is 0 Å². The zero-order valence-electron chi connectivity index (χ0n) is 6.92. The van der Waals surface area contributed by atoms with Crippen LogP contribution in [-0.4, -0.2) is 24.4 Å². The number of hydrogen-bond acceptors (Lipinski definition) is 2. The Morgan fingerprint density at radius 2 is 2.20 bits per heavy atom. The largest absolute Gasteiger partial charge is 0.386 e. The number of aliphatic hydroxyl groups is 1. The maximum atomic E-state index is 9.36. The summed E-state index contributed by atoms with van der Waals surface area (Å²) in [6.45, 7) is 7.41. The van der Waals surface area contributed by atoms with Crippen molar-refractivity contribution in [3.05, 3.63) is 12.2 Å². The predicted octanol–water partition coefficient (Wildman–Crippen LogP) is 1.35. The number of aliphatic hydroxyl groups excluding tert-OH is 1. The molecule has 0 spiro atoms. The van der Waals surface area contributed by atoms with Crippen LogP contribution in [0.4, 0.5) is 0 Å². The van der Waals surface area contributed by atoms with E-state index in [0.717, 1.165) is 12.0 Å². The first kappa shape index (κ1) is 9.66. The molecule has 0 radical (unpaired) electrons. The van der Waals surface area contributed by atoms with Crippen LogP contribution >= 0.6 is 0 Å². The van der Waals surface area contributed by atoms with Gasteiger partial charge in [0.25, 0.3) is 0 Å². The van der Waals surface area contributed by atoms with E-state index in [1.807, 2.05) is 6.92 Å². The second-order valence-corrected chi connectivity index (χ2v) is 2.47. The summed E-state index contributed by atoms with van der Waals surface area (Å²) >= 11 is 0. The Morgan fingerprint density at radius 3 is 2.30 bits per heavy atom. The molecule has 10 heavy (non-hydrogen) atoms. The van der Waals surface area contributed by atoms with Crippen LogP contribution in [0, 0.1) is 0 Å². The quantitative estimate of drug-likeness (QED) is 0.603. The van der Waals surface area contributed by atoms with E-state index in [0.29, 0.717) is 0 Å². The van der Waals surface area contributed by atoms with Gasteiger partial charge < -0.3 is 9.84 Å². The molecule has 0 aliphatic heterocycles. The molecule has 0 saturated heterocycles. The normalized spacial score (nSPS) is 16.4. The molecule has 2 heteroatoms. The van der Waals surface area contributed by atoms with Crippen LogP contribution in [0.1, 0.15) is 20.3 Å². The Kier molecular flexibility index (Phi) is 4.32. The van der Waals surface area contributed by atoms with Crippen molar-refractivity contribution in [1.29, 1.82) is 0 Å². The minimum absolute atomic E-state index is 0.0995. The second kappa shape index (κ2) is 4.47. The smallest absolute Gasteiger partial charge is 0.101 e. The molecular formula is C8H16O2. The third kappa shape index (κ3) is 2.50. The van der Waals surface area contributed by atoms with Crippen molar-refractivity contribution in [3.8, 4) is 0 Å². The highest BCUT2D eigenvalue weighted by Crippen LogP contribution is 2.09. The molecule has 0 aliphatic carbocycles. The van der Waals surface area contributed by atoms with Gasteiger partial charge in [-0.25, -0.2) is 0 Å². The van der Waals surface area contributed by atoms with Gasteiger partial charge in [-0.15, -0.1) is 0 Å². The van der Waals surface area contributed by atoms with Crippen molar-refractivity contribution in [2.45, 2.75) is 32.5 Å². The minimum Gasteiger partial charge on any atom is -0.386 e. The van der Waals surface area contributed by atoms with Crippen molar-refractivity contribution in [3.63, 3.8) is 0 Å². The molecule has 0 heterocycles. The summed E-state index contributed by atoms with van der Waals surface area (Å²) in [5.74, 6) is 0. The third-order valence-electron chi connectivity index (χ3n) is 1.56. The zero-order valence-corrected chi connectivity index (χ0v) is 6.92. The number of rotatable bonds is 4. The molecule has 0 bridgehead atoms. The van der Waals surface area contributed by atoms with Gasteiger partial charge in [0, 0.05) is 7.11 Å². The molecule has 0 amide bonds. The van der Waals surface area contributed by atoms with Crippen molar-refractivity contribution >= 4 is 0 Å². The molecule has 0 aromatic carbocycles. The topological polar surface area (TPSA) is 29.5 Å². The fraction of sp³-hybridized carbons (Fsp3) is 0.750. The van der Waals surface area contributed by atoms with E-state index in [4.69, 9.17) is 4.74 Å². The number of ether oxygens (including phenoxy) is 1. The molecule has 60 valence electrons. The highest BCUT2D eigenvalue weighted by Gasteiger charge is 2.16. The van der Waals surface area contributed by atoms with Gasteiger partial charge >= 0.3 is 0 Å². The van der Waals surface area contributed by atoms with Gasteiger partial charge in [0.2, 0.25) is 0 Å². The van der Waals surface area contributed by atoms with Crippen molar-refractivity contribution in [1.82, 2.24) is 0 Å². The minimum atomic E-state index is -0.519. The van der Waals surface area contributed by atoms with E-state index in [-0.39, 0.29) is 6.10 Å². The summed E-state index contributed by atoms with van der Waals surface area (Å²) < 4.78 is 5.01. The third-order valence-corrected chi connectivity index (χ3v) is 1.56. The van der Waals surface area contributed by atoms with Crippen LogP contribution in [-0.2, 0) is 4.74 Å². The molecule has 2 unspecified atom stereocenters. The Balaban J connectivity index is 3.88. The van der Waals surface area contributed by atoms with Gasteiger partial charge in [0.05, 0.1) is 6.10 Å². The summed E-state index contributed by atoms with van der Waals surface area (Å²) in [4.78, 5) is 0. The lowest BCUT2D eigenvalue weighted by atomic mass is 10.1. The lowest BCUT2D eigenvalue weighted by molar-refractivity contribution is 0.00506. The van der Waals surface area contributed by atoms with E-state index in [2.05, 4.69) is 6.58 Å². The van der Waals surface area contributed by atoms with E-state index in [9.17, 15) is 5.11 Å². The summed E-state index contributed by atoms with van der Waals surface area (Å²) in [7, 11) is 1.60. The van der Waals surface area contributed by atoms with Crippen molar-refractivity contribution in [2.75, 3.05) is 7.11 Å². The van der Waals surface area contributed by atoms with Gasteiger partial charge in [-0.3, -0.25) is 0 Å². The lowest BCUT2D eigenvalue weighted by Gasteiger charge is -2.19. The molecule has 2 atom stereocenters. The van der Waals surface area contributed by atoms with Crippen LogP contribution in [0.5, 0.6) is 0 Å². The fourth-order valence-electron chi connectivity index (χ4n) is 0.836. The highest BCUT2D eigenvalue weighted by molar-refractivity contribution is 5.00. The Labute approximate surface area is 62.5 Å². The molecular weight excluding hydrogens is 128 g/mol. The average molecular weight is 144 g/mol. The summed E-state index contributed by atoms with van der Waals surface area (Å²) in [5.41, 5.74) is 0.758. The standard InChI is InChI=1S/C8H16O2/c1-5-7(10-4)8(9)6(2)3/h7-9H,2,5H2,1,3-4H3. The molecule has 1 N–H and O–H groups in total. The van der Waals surface area contributed by atoms with Gasteiger partial charge in [-0.1, -0.05) is 13.5 Å². The molecule has 0 aliphatic rings. The van der Waals surface area contributed by atoms with Gasteiger partial charge in [0.1, 0.15) is 6.10 Å². The Hall–Kier alpha value is -0.340. The molecule has 0 rings (SSSR count). The SMILES string of the molecule is C=C(C)C(O)C(CC)OC. The number of methoxy groups -OCH3 is 1. The molecule has 0 aromatic rings. The van der Waals surface area contributed by atoms with E-state index >= 15 is 0 Å². The van der Waals surface area contributed by atoms with Crippen LogP contribution in [0.15, 0.2) is 12.2 Å². The molecule has 0 aromatic heterocycles. The monoisotopic (exact) mass is 144 g/mol. The second-order valence-electron chi connectivity index (χ2n) is 2.47. The predicted molar refractivity (Wildman–Crippen MR) is 41.9 cm³/mol. The van der Waals surface area contributed by atoms with Gasteiger partial charge in [-0.05, 0) is 18.9 Å². The number of hydrogen-bond donors (Lipinski definition) is 1. The Bertz CT molecular complexity index is 106. The first-order chi connectivity index (χ1) is 4.63.